The Morgan fingerprint density at radius 3 is 2.59 bits per heavy atom. The van der Waals surface area contributed by atoms with E-state index in [1.807, 2.05) is 55.5 Å². The van der Waals surface area contributed by atoms with E-state index in [2.05, 4.69) is 5.32 Å². The molecule has 0 radical (unpaired) electrons. The van der Waals surface area contributed by atoms with E-state index in [-0.39, 0.29) is 24.2 Å². The second kappa shape index (κ2) is 17.1. The molecule has 0 bridgehead atoms. The number of aliphatic hydroxyl groups is 6. The van der Waals surface area contributed by atoms with Gasteiger partial charge >= 0.3 is 0 Å². The van der Waals surface area contributed by atoms with Crippen LogP contribution in [0.2, 0.25) is 0 Å². The fourth-order valence-electron chi connectivity index (χ4n) is 5.54. The second-order valence-electron chi connectivity index (χ2n) is 10.9. The van der Waals surface area contributed by atoms with Crippen molar-refractivity contribution in [2.45, 2.75) is 101 Å². The van der Waals surface area contributed by atoms with Crippen molar-refractivity contribution < 1.29 is 44.9 Å². The lowest BCUT2D eigenvalue weighted by Crippen LogP contribution is -2.59. The highest BCUT2D eigenvalue weighted by Crippen LogP contribution is 2.40. The summed E-state index contributed by atoms with van der Waals surface area (Å²) in [6.07, 6.45) is 2.34. The normalized spacial score (nSPS) is 33.0. The third kappa shape index (κ3) is 9.97. The smallest absolute Gasteiger partial charge is 0.219 e. The molecule has 2 unspecified atom stereocenters. The standard InChI is InChI=1S/C31H47NO9/c1-2-32-27(36)13-9-4-3-8-12-23-22(17-16-21(34)15-14-20-10-6-5-7-11-20)24(35)18-25(23)40-31-30(39)29(38)28(37)26(19-33)41-31/h3,5-8,10-11,16-17,21-26,28-31,33-35,37-39H,2,4,9,12-15,18-19H2,1H3,(H,32,36)/b8-3-,17-16+/t21-,22+,23+,24+,25-,26?,28+,29-,30?,31-/m0/s1. The van der Waals surface area contributed by atoms with Gasteiger partial charge in [0.05, 0.1) is 24.9 Å². The van der Waals surface area contributed by atoms with E-state index in [4.69, 9.17) is 9.47 Å². The van der Waals surface area contributed by atoms with Crippen LogP contribution in [-0.4, -0.2) is 98.7 Å². The zero-order valence-electron chi connectivity index (χ0n) is 23.7. The number of hydrogen-bond donors (Lipinski definition) is 7. The van der Waals surface area contributed by atoms with Gasteiger partial charge in [-0.15, -0.1) is 0 Å². The maximum absolute atomic E-state index is 11.7. The first-order valence-electron chi connectivity index (χ1n) is 14.7. The van der Waals surface area contributed by atoms with Crippen molar-refractivity contribution >= 4 is 5.91 Å². The summed E-state index contributed by atoms with van der Waals surface area (Å²) in [6, 6.07) is 9.88. The lowest BCUT2D eigenvalue weighted by molar-refractivity contribution is -0.313. The van der Waals surface area contributed by atoms with Crippen LogP contribution >= 0.6 is 0 Å². The topological polar surface area (TPSA) is 169 Å². The lowest BCUT2D eigenvalue weighted by atomic mass is 9.89. The highest BCUT2D eigenvalue weighted by atomic mass is 16.7. The molecule has 0 aromatic heterocycles. The molecule has 1 aromatic rings. The predicted molar refractivity (Wildman–Crippen MR) is 152 cm³/mol. The number of benzene rings is 1. The van der Waals surface area contributed by atoms with Crippen LogP contribution in [0, 0.1) is 11.8 Å². The molecule has 1 saturated carbocycles. The van der Waals surface area contributed by atoms with E-state index in [0.717, 1.165) is 5.56 Å². The molecule has 1 saturated heterocycles. The molecule has 7 N–H and O–H groups in total. The van der Waals surface area contributed by atoms with Crippen molar-refractivity contribution in [1.29, 1.82) is 0 Å². The quantitative estimate of drug-likeness (QED) is 0.119. The molecule has 1 aliphatic heterocycles. The Bertz CT molecular complexity index is 956. The van der Waals surface area contributed by atoms with Gasteiger partial charge in [-0.3, -0.25) is 4.79 Å². The summed E-state index contributed by atoms with van der Waals surface area (Å²) in [6.45, 7) is 1.92. The van der Waals surface area contributed by atoms with Crippen LogP contribution in [0.25, 0.3) is 0 Å². The fraction of sp³-hybridized carbons (Fsp3) is 0.645. The number of nitrogens with one attached hydrogen (secondary N) is 1. The van der Waals surface area contributed by atoms with E-state index in [1.54, 1.807) is 6.08 Å². The summed E-state index contributed by atoms with van der Waals surface area (Å²) in [5.74, 6) is -0.574. The summed E-state index contributed by atoms with van der Waals surface area (Å²) in [5.41, 5.74) is 1.13. The second-order valence-corrected chi connectivity index (χ2v) is 10.9. The van der Waals surface area contributed by atoms with Crippen molar-refractivity contribution in [2.75, 3.05) is 13.2 Å². The fourth-order valence-corrected chi connectivity index (χ4v) is 5.54. The molecule has 3 rings (SSSR count). The first-order chi connectivity index (χ1) is 19.7. The van der Waals surface area contributed by atoms with Gasteiger partial charge in [0.15, 0.2) is 6.29 Å². The van der Waals surface area contributed by atoms with Crippen molar-refractivity contribution in [2.24, 2.45) is 11.8 Å². The van der Waals surface area contributed by atoms with Crippen LogP contribution in [0.15, 0.2) is 54.6 Å². The van der Waals surface area contributed by atoms with Gasteiger partial charge in [-0.05, 0) is 50.5 Å². The van der Waals surface area contributed by atoms with Crippen molar-refractivity contribution in [1.82, 2.24) is 5.32 Å². The van der Waals surface area contributed by atoms with Crippen molar-refractivity contribution in [3.8, 4) is 0 Å². The van der Waals surface area contributed by atoms with Gasteiger partial charge in [-0.25, -0.2) is 0 Å². The molecule has 10 nitrogen and oxygen atoms in total. The molecular weight excluding hydrogens is 530 g/mol. The van der Waals surface area contributed by atoms with E-state index < -0.39 is 55.6 Å². The number of carbonyl (C=O) groups excluding carboxylic acids is 1. The largest absolute Gasteiger partial charge is 0.394 e. The maximum Gasteiger partial charge on any atom is 0.219 e. The number of rotatable bonds is 15. The summed E-state index contributed by atoms with van der Waals surface area (Å²) < 4.78 is 11.6. The van der Waals surface area contributed by atoms with E-state index in [9.17, 15) is 35.4 Å². The van der Waals surface area contributed by atoms with Gasteiger partial charge in [0.2, 0.25) is 5.91 Å². The molecule has 230 valence electrons. The Hall–Kier alpha value is -2.15. The monoisotopic (exact) mass is 577 g/mol. The first-order valence-corrected chi connectivity index (χ1v) is 14.7. The predicted octanol–water partition coefficient (Wildman–Crippen LogP) is 0.971. The number of aliphatic hydroxyl groups excluding tert-OH is 6. The highest BCUT2D eigenvalue weighted by Gasteiger charge is 2.48. The zero-order valence-corrected chi connectivity index (χ0v) is 23.7. The molecule has 0 spiro atoms. The molecule has 1 aromatic carbocycles. The highest BCUT2D eigenvalue weighted by molar-refractivity contribution is 5.75. The van der Waals surface area contributed by atoms with Gasteiger partial charge in [-0.1, -0.05) is 54.6 Å². The van der Waals surface area contributed by atoms with Crippen LogP contribution in [-0.2, 0) is 20.7 Å². The lowest BCUT2D eigenvalue weighted by Gasteiger charge is -2.41. The third-order valence-corrected chi connectivity index (χ3v) is 7.90. The number of aryl methyl sites for hydroxylation is 1. The van der Waals surface area contributed by atoms with Crippen molar-refractivity contribution in [3.05, 3.63) is 60.2 Å². The number of carbonyl (C=O) groups is 1. The Labute approximate surface area is 242 Å². The number of unbranched alkanes of at least 4 members (excludes halogenated alkanes) is 1. The molecule has 10 heteroatoms. The average Bonchev–Trinajstić information content (AvgIpc) is 3.26. The molecule has 2 fully saturated rings. The van der Waals surface area contributed by atoms with Gasteiger partial charge in [-0.2, -0.15) is 0 Å². The molecule has 2 aliphatic rings. The zero-order chi connectivity index (χ0) is 29.8. The summed E-state index contributed by atoms with van der Waals surface area (Å²) in [7, 11) is 0. The van der Waals surface area contributed by atoms with E-state index >= 15 is 0 Å². The average molecular weight is 578 g/mol. The molecule has 41 heavy (non-hydrogen) atoms. The van der Waals surface area contributed by atoms with E-state index in [0.29, 0.717) is 45.1 Å². The van der Waals surface area contributed by atoms with Crippen molar-refractivity contribution in [3.63, 3.8) is 0 Å². The minimum atomic E-state index is -1.56. The first kappa shape index (κ1) is 33.4. The SMILES string of the molecule is CCNC(=O)CCC/C=C\C[C@@H]1[C@@H](/C=C/[C@@H](O)CCc2ccccc2)[C@H](O)C[C@@H]1O[C@H]1OC(CO)[C@@H](O)[C@H](O)C1O. The summed E-state index contributed by atoms with van der Waals surface area (Å²) in [4.78, 5) is 11.7. The Kier molecular flexibility index (Phi) is 13.9. The number of hydrogen-bond acceptors (Lipinski definition) is 9. The summed E-state index contributed by atoms with van der Waals surface area (Å²) >= 11 is 0. The number of allylic oxidation sites excluding steroid dienone is 2. The minimum absolute atomic E-state index is 0.0174. The number of amides is 1. The van der Waals surface area contributed by atoms with Crippen LogP contribution in [0.1, 0.15) is 51.0 Å². The van der Waals surface area contributed by atoms with Crippen LogP contribution in [0.5, 0.6) is 0 Å². The van der Waals surface area contributed by atoms with Gasteiger partial charge in [0.1, 0.15) is 24.4 Å². The Balaban J connectivity index is 1.66. The molecule has 1 aliphatic carbocycles. The molecular formula is C31H47NO9. The van der Waals surface area contributed by atoms with Crippen LogP contribution in [0.4, 0.5) is 0 Å². The maximum atomic E-state index is 11.7. The molecule has 1 heterocycles. The Morgan fingerprint density at radius 2 is 1.88 bits per heavy atom. The minimum Gasteiger partial charge on any atom is -0.394 e. The van der Waals surface area contributed by atoms with E-state index in [1.165, 1.54) is 0 Å². The van der Waals surface area contributed by atoms with Crippen LogP contribution < -0.4 is 5.32 Å². The molecule has 1 amide bonds. The van der Waals surface area contributed by atoms with Gasteiger partial charge in [0.25, 0.3) is 0 Å². The van der Waals surface area contributed by atoms with Gasteiger partial charge < -0.3 is 45.4 Å². The van der Waals surface area contributed by atoms with Crippen LogP contribution in [0.3, 0.4) is 0 Å². The Morgan fingerprint density at radius 1 is 1.12 bits per heavy atom. The molecule has 10 atom stereocenters. The number of ether oxygens (including phenoxy) is 2. The third-order valence-electron chi connectivity index (χ3n) is 7.90. The summed E-state index contributed by atoms with van der Waals surface area (Å²) in [5, 5.41) is 64.7. The van der Waals surface area contributed by atoms with Gasteiger partial charge in [0, 0.05) is 25.3 Å².